The Morgan fingerprint density at radius 1 is 0.296 bits per heavy atom. The van der Waals surface area contributed by atoms with Crippen molar-refractivity contribution in [2.45, 2.75) is 5.41 Å². The first-order chi connectivity index (χ1) is 35.2. The van der Waals surface area contributed by atoms with Gasteiger partial charge in [0.1, 0.15) is 0 Å². The van der Waals surface area contributed by atoms with E-state index in [-0.39, 0.29) is 0 Å². The fourth-order valence-corrected chi connectivity index (χ4v) is 13.7. The molecule has 71 heavy (non-hydrogen) atoms. The fraction of sp³-hybridized carbons (Fsp3) is 0.0145. The van der Waals surface area contributed by atoms with Crippen molar-refractivity contribution in [1.82, 2.24) is 0 Å². The van der Waals surface area contributed by atoms with Gasteiger partial charge in [0.05, 0.1) is 16.8 Å². The van der Waals surface area contributed by atoms with Crippen molar-refractivity contribution in [3.8, 4) is 55.6 Å². The van der Waals surface area contributed by atoms with Gasteiger partial charge in [-0.15, -0.1) is 11.3 Å². The van der Waals surface area contributed by atoms with Crippen LogP contribution in [0.25, 0.3) is 97.4 Å². The third kappa shape index (κ3) is 5.80. The van der Waals surface area contributed by atoms with Crippen LogP contribution in [0.2, 0.25) is 0 Å². The summed E-state index contributed by atoms with van der Waals surface area (Å²) in [5.41, 5.74) is 20.6. The van der Waals surface area contributed by atoms with E-state index in [0.29, 0.717) is 0 Å². The number of benzene rings is 12. The summed E-state index contributed by atoms with van der Waals surface area (Å²) in [6.07, 6.45) is 0. The summed E-state index contributed by atoms with van der Waals surface area (Å²) < 4.78 is 2.61. The monoisotopic (exact) mass is 917 g/mol. The van der Waals surface area contributed by atoms with Crippen LogP contribution in [-0.2, 0) is 5.41 Å². The summed E-state index contributed by atoms with van der Waals surface area (Å²) in [7, 11) is 0. The highest BCUT2D eigenvalue weighted by Crippen LogP contribution is 2.63. The van der Waals surface area contributed by atoms with E-state index >= 15 is 0 Å². The van der Waals surface area contributed by atoms with E-state index in [1.807, 2.05) is 11.3 Å². The summed E-state index contributed by atoms with van der Waals surface area (Å²) in [6, 6.07) is 97.5. The van der Waals surface area contributed by atoms with E-state index in [4.69, 9.17) is 0 Å². The molecule has 1 aromatic heterocycles. The van der Waals surface area contributed by atoms with E-state index in [2.05, 4.69) is 266 Å². The first kappa shape index (κ1) is 40.1. The lowest BCUT2D eigenvalue weighted by Crippen LogP contribution is -2.25. The van der Waals surface area contributed by atoms with Crippen LogP contribution in [0.5, 0.6) is 0 Å². The van der Waals surface area contributed by atoms with Gasteiger partial charge in [0.25, 0.3) is 0 Å². The molecule has 330 valence electrons. The number of rotatable bonds is 6. The standard InChI is InChI=1S/C69H43NS/c1-3-18-44(19-4-1)49-37-39-63(56-28-10-9-24-52(49)56)70(48-36-38-62-57(43-48)55-27-13-16-32-61(55)69(62)59-30-14-11-25-53(59)54-26-12-15-31-60(54)69)64-33-17-29-51(67(64)46-21-5-2-6-22-46)47-35-40-65-58(42-47)68-50-23-8-7-20-45(50)34-41-66(68)71-65/h1-43H. The average molecular weight is 918 g/mol. The van der Waals surface area contributed by atoms with Gasteiger partial charge in [-0.2, -0.15) is 0 Å². The van der Waals surface area contributed by atoms with Gasteiger partial charge < -0.3 is 4.90 Å². The second kappa shape index (κ2) is 15.6. The van der Waals surface area contributed by atoms with Gasteiger partial charge >= 0.3 is 0 Å². The second-order valence-electron chi connectivity index (χ2n) is 19.0. The maximum absolute atomic E-state index is 2.55. The molecule has 12 aromatic carbocycles. The van der Waals surface area contributed by atoms with Crippen molar-refractivity contribution in [3.05, 3.63) is 283 Å². The highest BCUT2D eigenvalue weighted by molar-refractivity contribution is 7.26. The van der Waals surface area contributed by atoms with Crippen LogP contribution in [-0.4, -0.2) is 0 Å². The van der Waals surface area contributed by atoms with Crippen molar-refractivity contribution in [2.24, 2.45) is 0 Å². The molecule has 1 heterocycles. The van der Waals surface area contributed by atoms with Crippen LogP contribution in [0, 0.1) is 0 Å². The third-order valence-corrected chi connectivity index (χ3v) is 16.6. The van der Waals surface area contributed by atoms with Gasteiger partial charge in [-0.05, 0) is 131 Å². The van der Waals surface area contributed by atoms with Crippen LogP contribution < -0.4 is 4.90 Å². The summed E-state index contributed by atoms with van der Waals surface area (Å²) >= 11 is 1.88. The van der Waals surface area contributed by atoms with Gasteiger partial charge in [0, 0.05) is 36.8 Å². The molecule has 0 unspecified atom stereocenters. The van der Waals surface area contributed by atoms with Crippen LogP contribution in [0.15, 0.2) is 261 Å². The maximum atomic E-state index is 2.55. The van der Waals surface area contributed by atoms with Crippen molar-refractivity contribution >= 4 is 70.1 Å². The Labute approximate surface area is 416 Å². The van der Waals surface area contributed by atoms with Gasteiger partial charge in [-0.25, -0.2) is 0 Å². The first-order valence-corrected chi connectivity index (χ1v) is 25.4. The Bertz CT molecular complexity index is 4250. The number of thiophene rings is 1. The molecule has 0 aliphatic heterocycles. The first-order valence-electron chi connectivity index (χ1n) is 24.6. The van der Waals surface area contributed by atoms with Crippen LogP contribution >= 0.6 is 11.3 Å². The molecule has 0 radical (unpaired) electrons. The zero-order valence-corrected chi connectivity index (χ0v) is 39.5. The molecule has 15 rings (SSSR count). The molecule has 1 nitrogen and oxygen atoms in total. The zero-order valence-electron chi connectivity index (χ0n) is 38.7. The largest absolute Gasteiger partial charge is 0.309 e. The van der Waals surface area contributed by atoms with E-state index in [1.165, 1.54) is 120 Å². The molecule has 0 bridgehead atoms. The Morgan fingerprint density at radius 2 is 0.873 bits per heavy atom. The third-order valence-electron chi connectivity index (χ3n) is 15.5. The highest BCUT2D eigenvalue weighted by Gasteiger charge is 2.51. The van der Waals surface area contributed by atoms with Crippen molar-refractivity contribution < 1.29 is 0 Å². The lowest BCUT2D eigenvalue weighted by Gasteiger charge is -2.32. The topological polar surface area (TPSA) is 3.24 Å². The van der Waals surface area contributed by atoms with Gasteiger partial charge in [0.2, 0.25) is 0 Å². The van der Waals surface area contributed by atoms with Crippen molar-refractivity contribution in [3.63, 3.8) is 0 Å². The van der Waals surface area contributed by atoms with E-state index in [0.717, 1.165) is 17.1 Å². The average Bonchev–Trinajstić information content (AvgIpc) is 4.08. The minimum Gasteiger partial charge on any atom is -0.309 e. The predicted molar refractivity (Wildman–Crippen MR) is 302 cm³/mol. The number of hydrogen-bond donors (Lipinski definition) is 0. The summed E-state index contributed by atoms with van der Waals surface area (Å²) in [5.74, 6) is 0. The molecule has 0 saturated heterocycles. The number of hydrogen-bond acceptors (Lipinski definition) is 2. The highest BCUT2D eigenvalue weighted by atomic mass is 32.1. The van der Waals surface area contributed by atoms with Crippen molar-refractivity contribution in [1.29, 1.82) is 0 Å². The molecule has 1 spiro atoms. The molecule has 13 aromatic rings. The number of anilines is 3. The van der Waals surface area contributed by atoms with E-state index in [1.54, 1.807) is 0 Å². The molecule has 0 N–H and O–H groups in total. The Kier molecular flexibility index (Phi) is 8.81. The lowest BCUT2D eigenvalue weighted by molar-refractivity contribution is 0.794. The van der Waals surface area contributed by atoms with Crippen LogP contribution in [0.1, 0.15) is 22.3 Å². The number of nitrogens with zero attached hydrogens (tertiary/aromatic N) is 1. The Hall–Kier alpha value is -8.82. The lowest BCUT2D eigenvalue weighted by atomic mass is 9.70. The quantitative estimate of drug-likeness (QED) is 0.161. The molecule has 0 saturated carbocycles. The molecule has 2 aliphatic carbocycles. The van der Waals surface area contributed by atoms with E-state index < -0.39 is 5.41 Å². The summed E-state index contributed by atoms with van der Waals surface area (Å²) in [5, 5.41) is 7.59. The normalized spacial score (nSPS) is 12.9. The minimum absolute atomic E-state index is 0.433. The van der Waals surface area contributed by atoms with Gasteiger partial charge in [-0.3, -0.25) is 0 Å². The minimum atomic E-state index is -0.433. The smallest absolute Gasteiger partial charge is 0.0725 e. The molecule has 0 amide bonds. The summed E-state index contributed by atoms with van der Waals surface area (Å²) in [4.78, 5) is 2.55. The SMILES string of the molecule is c1ccc(-c2c(-c3ccc4sc5ccc6ccccc6c5c4c3)cccc2N(c2ccc3c(c2)-c2ccccc2C32c3ccccc3-c3ccccc32)c2ccc(-c3ccccc3)c3ccccc23)cc1. The van der Waals surface area contributed by atoms with Gasteiger partial charge in [0.15, 0.2) is 0 Å². The van der Waals surface area contributed by atoms with E-state index in [9.17, 15) is 0 Å². The van der Waals surface area contributed by atoms with Crippen LogP contribution in [0.3, 0.4) is 0 Å². The Morgan fingerprint density at radius 3 is 1.61 bits per heavy atom. The fourth-order valence-electron chi connectivity index (χ4n) is 12.6. The molecule has 0 atom stereocenters. The molecule has 2 aliphatic rings. The number of fused-ring (bicyclic) bond motifs is 16. The zero-order chi connectivity index (χ0) is 46.6. The molecular weight excluding hydrogens is 875 g/mol. The predicted octanol–water partition coefficient (Wildman–Crippen LogP) is 19.2. The Balaban J connectivity index is 1.02. The van der Waals surface area contributed by atoms with Crippen LogP contribution in [0.4, 0.5) is 17.1 Å². The maximum Gasteiger partial charge on any atom is 0.0725 e. The molecule has 2 heteroatoms. The summed E-state index contributed by atoms with van der Waals surface area (Å²) in [6.45, 7) is 0. The second-order valence-corrected chi connectivity index (χ2v) is 20.1. The van der Waals surface area contributed by atoms with Crippen molar-refractivity contribution in [2.75, 3.05) is 4.90 Å². The van der Waals surface area contributed by atoms with Gasteiger partial charge in [-0.1, -0.05) is 218 Å². The molecule has 0 fully saturated rings. The molecular formula is C69H43NS.